The largest absolute Gasteiger partial charge is 0.147 e. The Morgan fingerprint density at radius 3 is 1.50 bits per heavy atom. The van der Waals surface area contributed by atoms with E-state index in [4.69, 9.17) is 0 Å². The summed E-state index contributed by atoms with van der Waals surface area (Å²) in [6.07, 6.45) is 2.63. The minimum Gasteiger partial charge on any atom is -0.147 e. The highest BCUT2D eigenvalue weighted by Gasteiger charge is 1.68. The number of hydrogen-bond donors (Lipinski definition) is 0. The van der Waals surface area contributed by atoms with Gasteiger partial charge >= 0.3 is 0 Å². The second-order valence-corrected chi connectivity index (χ2v) is 2.57. The van der Waals surface area contributed by atoms with E-state index in [9.17, 15) is 0 Å². The average Bonchev–Trinajstić information content (AvgIpc) is 1.41. The molecular formula is C4H11ClP. The third-order valence-corrected chi connectivity index (χ3v) is 1.34. The highest BCUT2D eigenvalue weighted by molar-refractivity contribution is 7.37. The highest BCUT2D eigenvalue weighted by atomic mass is 35.5. The van der Waals surface area contributed by atoms with Crippen LogP contribution in [0.1, 0.15) is 13.8 Å². The van der Waals surface area contributed by atoms with Crippen molar-refractivity contribution >= 4 is 21.0 Å². The third-order valence-electron chi connectivity index (χ3n) is 0.447. The minimum absolute atomic E-state index is 0. The zero-order valence-electron chi connectivity index (χ0n) is 4.27. The Morgan fingerprint density at radius 1 is 1.17 bits per heavy atom. The lowest BCUT2D eigenvalue weighted by Crippen LogP contribution is -1.59. The monoisotopic (exact) mass is 125 g/mol. The predicted molar refractivity (Wildman–Crippen MR) is 35.2 cm³/mol. The normalized spacial score (nSPS) is 7.00. The highest BCUT2D eigenvalue weighted by Crippen LogP contribution is 2.03. The van der Waals surface area contributed by atoms with Gasteiger partial charge in [-0.05, 0) is 12.3 Å². The summed E-state index contributed by atoms with van der Waals surface area (Å²) in [6, 6.07) is 0. The maximum Gasteiger partial charge on any atom is -0.0316 e. The topological polar surface area (TPSA) is 0 Å². The van der Waals surface area contributed by atoms with Crippen LogP contribution in [-0.4, -0.2) is 12.3 Å². The summed E-state index contributed by atoms with van der Waals surface area (Å²) in [6.45, 7) is 4.40. The van der Waals surface area contributed by atoms with Gasteiger partial charge in [0, 0.05) is 0 Å². The summed E-state index contributed by atoms with van der Waals surface area (Å²) in [5.41, 5.74) is 0. The minimum atomic E-state index is 0. The Labute approximate surface area is 47.9 Å². The molecule has 0 fully saturated rings. The second-order valence-electron chi connectivity index (χ2n) is 0.856. The lowest BCUT2D eigenvalue weighted by atomic mass is 11.0. The molecule has 0 saturated heterocycles. The molecule has 0 atom stereocenters. The molecule has 39 valence electrons. The first-order valence-electron chi connectivity index (χ1n) is 2.05. The predicted octanol–water partition coefficient (Wildman–Crippen LogP) is 2.39. The van der Waals surface area contributed by atoms with Gasteiger partial charge in [0.2, 0.25) is 0 Å². The molecule has 0 N–H and O–H groups in total. The molecule has 0 aromatic rings. The summed E-state index contributed by atoms with van der Waals surface area (Å²) >= 11 is 0. The van der Waals surface area contributed by atoms with Gasteiger partial charge in [-0.15, -0.1) is 12.4 Å². The summed E-state index contributed by atoms with van der Waals surface area (Å²) < 4.78 is 0. The lowest BCUT2D eigenvalue weighted by Gasteiger charge is -1.78. The average molecular weight is 126 g/mol. The summed E-state index contributed by atoms with van der Waals surface area (Å²) in [5, 5.41) is 0. The maximum atomic E-state index is 2.20. The Kier molecular flexibility index (Phi) is 15.1. The van der Waals surface area contributed by atoms with E-state index in [1.54, 1.807) is 8.58 Å². The fourth-order valence-electron chi connectivity index (χ4n) is 0.224. The first-order valence-corrected chi connectivity index (χ1v) is 3.31. The van der Waals surface area contributed by atoms with Crippen molar-refractivity contribution in [3.05, 3.63) is 0 Å². The van der Waals surface area contributed by atoms with Crippen molar-refractivity contribution in [1.29, 1.82) is 0 Å². The number of halogens is 1. The summed E-state index contributed by atoms with van der Waals surface area (Å²) in [4.78, 5) is 0. The Balaban J connectivity index is 0. The van der Waals surface area contributed by atoms with Crippen LogP contribution in [0.4, 0.5) is 0 Å². The zero-order chi connectivity index (χ0) is 4.12. The fourth-order valence-corrected chi connectivity index (χ4v) is 0.671. The molecule has 0 aromatic carbocycles. The molecule has 0 spiro atoms. The molecule has 0 aliphatic rings. The van der Waals surface area contributed by atoms with Gasteiger partial charge < -0.3 is 0 Å². The van der Waals surface area contributed by atoms with Crippen LogP contribution in [0.2, 0.25) is 0 Å². The van der Waals surface area contributed by atoms with Gasteiger partial charge in [0.05, 0.1) is 0 Å². The standard InChI is InChI=1S/C4H10P.ClH/c1-3-5-4-2;/h3-4H2,1-2H3;1H. The van der Waals surface area contributed by atoms with Gasteiger partial charge in [-0.3, -0.25) is 0 Å². The smallest absolute Gasteiger partial charge is 0.0316 e. The van der Waals surface area contributed by atoms with Gasteiger partial charge in [-0.1, -0.05) is 22.4 Å². The van der Waals surface area contributed by atoms with Crippen LogP contribution in [0.25, 0.3) is 0 Å². The molecule has 0 aliphatic carbocycles. The van der Waals surface area contributed by atoms with Gasteiger partial charge in [0.1, 0.15) is 0 Å². The van der Waals surface area contributed by atoms with E-state index in [0.29, 0.717) is 0 Å². The van der Waals surface area contributed by atoms with Gasteiger partial charge in [0.25, 0.3) is 0 Å². The fraction of sp³-hybridized carbons (Fsp3) is 1.00. The van der Waals surface area contributed by atoms with Crippen molar-refractivity contribution in [1.82, 2.24) is 0 Å². The van der Waals surface area contributed by atoms with Crippen molar-refractivity contribution in [2.24, 2.45) is 0 Å². The van der Waals surface area contributed by atoms with Crippen LogP contribution in [-0.2, 0) is 0 Å². The first kappa shape index (κ1) is 9.87. The molecule has 0 heterocycles. The van der Waals surface area contributed by atoms with E-state index >= 15 is 0 Å². The van der Waals surface area contributed by atoms with E-state index in [2.05, 4.69) is 13.8 Å². The van der Waals surface area contributed by atoms with Gasteiger partial charge in [0.15, 0.2) is 0 Å². The Morgan fingerprint density at radius 2 is 1.50 bits per heavy atom. The molecule has 0 saturated carbocycles. The maximum absolute atomic E-state index is 2.20. The third kappa shape index (κ3) is 8.83. The van der Waals surface area contributed by atoms with Crippen molar-refractivity contribution in [3.63, 3.8) is 0 Å². The van der Waals surface area contributed by atoms with Crippen LogP contribution < -0.4 is 0 Å². The molecule has 0 aromatic heterocycles. The summed E-state index contributed by atoms with van der Waals surface area (Å²) in [5.74, 6) is 0. The van der Waals surface area contributed by atoms with E-state index in [1.807, 2.05) is 0 Å². The molecule has 0 bridgehead atoms. The molecule has 6 heavy (non-hydrogen) atoms. The van der Waals surface area contributed by atoms with Crippen molar-refractivity contribution in [2.45, 2.75) is 13.8 Å². The zero-order valence-corrected chi connectivity index (χ0v) is 5.98. The summed E-state index contributed by atoms with van der Waals surface area (Å²) in [7, 11) is 1.58. The van der Waals surface area contributed by atoms with E-state index in [-0.39, 0.29) is 12.4 Å². The lowest BCUT2D eigenvalue weighted by molar-refractivity contribution is 1.44. The Hall–Kier alpha value is 0.720. The van der Waals surface area contributed by atoms with Gasteiger partial charge in [-0.2, -0.15) is 0 Å². The Bertz CT molecular complexity index is 15.0. The molecule has 0 rings (SSSR count). The number of rotatable bonds is 2. The molecule has 0 unspecified atom stereocenters. The van der Waals surface area contributed by atoms with E-state index in [0.717, 1.165) is 0 Å². The van der Waals surface area contributed by atoms with Crippen LogP contribution in [0.3, 0.4) is 0 Å². The molecule has 0 amide bonds. The van der Waals surface area contributed by atoms with Crippen molar-refractivity contribution < 1.29 is 0 Å². The van der Waals surface area contributed by atoms with E-state index < -0.39 is 0 Å². The number of hydrogen-bond acceptors (Lipinski definition) is 0. The molecule has 0 nitrogen and oxygen atoms in total. The van der Waals surface area contributed by atoms with E-state index in [1.165, 1.54) is 12.3 Å². The van der Waals surface area contributed by atoms with Crippen LogP contribution in [0, 0.1) is 0 Å². The molecule has 1 radical (unpaired) electrons. The second kappa shape index (κ2) is 9.21. The molecular weight excluding hydrogens is 114 g/mol. The van der Waals surface area contributed by atoms with Crippen molar-refractivity contribution in [2.75, 3.05) is 12.3 Å². The quantitative estimate of drug-likeness (QED) is 0.497. The molecule has 0 aliphatic heterocycles. The van der Waals surface area contributed by atoms with Crippen LogP contribution in [0.15, 0.2) is 0 Å². The molecule has 2 heteroatoms. The van der Waals surface area contributed by atoms with Crippen LogP contribution >= 0.6 is 21.0 Å². The van der Waals surface area contributed by atoms with Crippen molar-refractivity contribution in [3.8, 4) is 0 Å². The van der Waals surface area contributed by atoms with Gasteiger partial charge in [-0.25, -0.2) is 0 Å². The first-order chi connectivity index (χ1) is 2.41. The van der Waals surface area contributed by atoms with Crippen LogP contribution in [0.5, 0.6) is 0 Å². The SMILES string of the molecule is CC[P]CC.Cl.